The molecular formula is C27H47NNa2O4. The first kappa shape index (κ1) is 36.1. The first-order chi connectivity index (χ1) is 15.5. The van der Waals surface area contributed by atoms with Gasteiger partial charge in [-0.05, 0) is 24.6 Å². The van der Waals surface area contributed by atoms with Gasteiger partial charge in [-0.3, -0.25) is 0 Å². The minimum absolute atomic E-state index is 0. The van der Waals surface area contributed by atoms with Gasteiger partial charge in [-0.25, -0.2) is 9.59 Å². The Morgan fingerprint density at radius 3 is 1.24 bits per heavy atom. The van der Waals surface area contributed by atoms with Crippen LogP contribution in [0.1, 0.15) is 137 Å². The number of hydrogen-bond donors (Lipinski definition) is 3. The van der Waals surface area contributed by atoms with Gasteiger partial charge >= 0.3 is 71.1 Å². The SMILES string of the molecule is CCCCCCCCCCCCCCCCCCCNc1cc(C(=O)O)cc(C(=O)O)c1.[NaH].[NaH]. The van der Waals surface area contributed by atoms with Crippen LogP contribution in [0.5, 0.6) is 0 Å². The normalized spacial score (nSPS) is 10.3. The van der Waals surface area contributed by atoms with Gasteiger partial charge in [-0.15, -0.1) is 0 Å². The van der Waals surface area contributed by atoms with Gasteiger partial charge in [0, 0.05) is 12.2 Å². The van der Waals surface area contributed by atoms with E-state index < -0.39 is 11.9 Å². The molecule has 1 aromatic carbocycles. The molecule has 34 heavy (non-hydrogen) atoms. The molecule has 0 radical (unpaired) electrons. The Hall–Kier alpha value is -0.0400. The van der Waals surface area contributed by atoms with E-state index in [0.717, 1.165) is 19.4 Å². The fraction of sp³-hybridized carbons (Fsp3) is 0.704. The number of benzene rings is 1. The van der Waals surface area contributed by atoms with Crippen LogP contribution < -0.4 is 5.32 Å². The molecule has 0 fully saturated rings. The van der Waals surface area contributed by atoms with E-state index in [0.29, 0.717) is 5.69 Å². The Morgan fingerprint density at radius 2 is 0.912 bits per heavy atom. The van der Waals surface area contributed by atoms with E-state index in [4.69, 9.17) is 10.2 Å². The van der Waals surface area contributed by atoms with E-state index in [-0.39, 0.29) is 70.2 Å². The summed E-state index contributed by atoms with van der Waals surface area (Å²) in [6, 6.07) is 4.16. The van der Waals surface area contributed by atoms with Gasteiger partial charge < -0.3 is 15.5 Å². The fourth-order valence-electron chi connectivity index (χ4n) is 4.06. The van der Waals surface area contributed by atoms with Gasteiger partial charge in [-0.2, -0.15) is 0 Å². The molecular weight excluding hydrogens is 448 g/mol. The third kappa shape index (κ3) is 19.2. The first-order valence-corrected chi connectivity index (χ1v) is 12.9. The van der Waals surface area contributed by atoms with Gasteiger partial charge in [0.15, 0.2) is 0 Å². The molecule has 0 aromatic heterocycles. The number of carboxylic acid groups (broad SMARTS) is 2. The summed E-state index contributed by atoms with van der Waals surface area (Å²) in [5, 5.41) is 21.4. The van der Waals surface area contributed by atoms with Gasteiger partial charge in [-0.1, -0.05) is 110 Å². The van der Waals surface area contributed by atoms with Gasteiger partial charge in [0.05, 0.1) is 11.1 Å². The summed E-state index contributed by atoms with van der Waals surface area (Å²) < 4.78 is 0. The molecule has 0 unspecified atom stereocenters. The van der Waals surface area contributed by atoms with Crippen molar-refractivity contribution in [2.24, 2.45) is 0 Å². The van der Waals surface area contributed by atoms with Gasteiger partial charge in [0.2, 0.25) is 0 Å². The number of carboxylic acids is 2. The summed E-state index contributed by atoms with van der Waals surface area (Å²) in [4.78, 5) is 22.3. The van der Waals surface area contributed by atoms with Crippen molar-refractivity contribution in [2.45, 2.75) is 116 Å². The summed E-state index contributed by atoms with van der Waals surface area (Å²) in [6.07, 6.45) is 22.7. The zero-order valence-electron chi connectivity index (χ0n) is 20.2. The molecule has 0 heterocycles. The van der Waals surface area contributed by atoms with Crippen molar-refractivity contribution >= 4 is 76.7 Å². The molecule has 1 rings (SSSR count). The van der Waals surface area contributed by atoms with Gasteiger partial charge in [0.1, 0.15) is 0 Å². The summed E-state index contributed by atoms with van der Waals surface area (Å²) in [5.41, 5.74) is 0.545. The maximum absolute atomic E-state index is 11.1. The molecule has 186 valence electrons. The second kappa shape index (κ2) is 24.6. The van der Waals surface area contributed by atoms with Crippen molar-refractivity contribution in [3.8, 4) is 0 Å². The van der Waals surface area contributed by atoms with Gasteiger partial charge in [0.25, 0.3) is 0 Å². The topological polar surface area (TPSA) is 86.6 Å². The Labute approximate surface area is 251 Å². The average molecular weight is 496 g/mol. The summed E-state index contributed by atoms with van der Waals surface area (Å²) in [5.74, 6) is -2.23. The van der Waals surface area contributed by atoms with Crippen LogP contribution in [-0.4, -0.2) is 87.8 Å². The van der Waals surface area contributed by atoms with Crippen molar-refractivity contribution in [2.75, 3.05) is 11.9 Å². The predicted octanol–water partition coefficient (Wildman–Crippen LogP) is 6.85. The number of carbonyl (C=O) groups is 2. The van der Waals surface area contributed by atoms with Crippen molar-refractivity contribution in [3.63, 3.8) is 0 Å². The molecule has 0 spiro atoms. The minimum atomic E-state index is -1.12. The molecule has 0 atom stereocenters. The average Bonchev–Trinajstić information content (AvgIpc) is 2.78. The fourth-order valence-corrected chi connectivity index (χ4v) is 4.06. The van der Waals surface area contributed by atoms with Crippen LogP contribution in [0.2, 0.25) is 0 Å². The Morgan fingerprint density at radius 1 is 0.588 bits per heavy atom. The van der Waals surface area contributed by atoms with Crippen LogP contribution in [0.3, 0.4) is 0 Å². The zero-order chi connectivity index (χ0) is 23.4. The quantitative estimate of drug-likeness (QED) is 0.128. The van der Waals surface area contributed by atoms with Crippen LogP contribution in [0, 0.1) is 0 Å². The van der Waals surface area contributed by atoms with Crippen molar-refractivity contribution in [1.82, 2.24) is 0 Å². The molecule has 0 amide bonds. The number of unbranched alkanes of at least 4 members (excludes halogenated alkanes) is 16. The van der Waals surface area contributed by atoms with Crippen molar-refractivity contribution < 1.29 is 19.8 Å². The van der Waals surface area contributed by atoms with E-state index in [2.05, 4.69) is 12.2 Å². The van der Waals surface area contributed by atoms with E-state index in [1.807, 2.05) is 0 Å². The number of rotatable bonds is 21. The summed E-state index contributed by atoms with van der Waals surface area (Å²) >= 11 is 0. The predicted molar refractivity (Wildman–Crippen MR) is 147 cm³/mol. The molecule has 0 aliphatic heterocycles. The first-order valence-electron chi connectivity index (χ1n) is 12.9. The summed E-state index contributed by atoms with van der Waals surface area (Å²) in [6.45, 7) is 2.99. The monoisotopic (exact) mass is 495 g/mol. The molecule has 1 aromatic rings. The third-order valence-corrected chi connectivity index (χ3v) is 6.04. The van der Waals surface area contributed by atoms with Crippen LogP contribution in [0.25, 0.3) is 0 Å². The second-order valence-corrected chi connectivity index (χ2v) is 8.99. The number of aromatic carboxylic acids is 2. The standard InChI is InChI=1S/C27H45NO4.2Na.2H/c1-2-3-4-5-6-7-8-9-10-11-12-13-14-15-16-17-18-19-28-25-21-23(26(29)30)20-24(22-25)27(31)32;;;;/h20-22,28H,2-19H2,1H3,(H,29,30)(H,31,32);;;;. The van der Waals surface area contributed by atoms with Crippen molar-refractivity contribution in [1.29, 1.82) is 0 Å². The van der Waals surface area contributed by atoms with Crippen molar-refractivity contribution in [3.05, 3.63) is 29.3 Å². The molecule has 0 saturated carbocycles. The molecule has 0 aliphatic carbocycles. The van der Waals surface area contributed by atoms with E-state index in [1.165, 1.54) is 115 Å². The molecule has 7 heteroatoms. The van der Waals surface area contributed by atoms with Crippen LogP contribution in [0.4, 0.5) is 5.69 Å². The Bertz CT molecular complexity index is 623. The maximum atomic E-state index is 11.1. The van der Waals surface area contributed by atoms with Crippen LogP contribution >= 0.6 is 0 Å². The molecule has 0 aliphatic rings. The zero-order valence-corrected chi connectivity index (χ0v) is 20.2. The van der Waals surface area contributed by atoms with E-state index in [1.54, 1.807) is 0 Å². The molecule has 0 bridgehead atoms. The van der Waals surface area contributed by atoms with E-state index in [9.17, 15) is 9.59 Å². The number of nitrogens with one attached hydrogen (secondary N) is 1. The number of hydrogen-bond acceptors (Lipinski definition) is 3. The number of anilines is 1. The Balaban J connectivity index is 0. The van der Waals surface area contributed by atoms with E-state index >= 15 is 0 Å². The Kier molecular flexibility index (Phi) is 26.2. The van der Waals surface area contributed by atoms with Crippen LogP contribution in [-0.2, 0) is 0 Å². The van der Waals surface area contributed by atoms with Crippen LogP contribution in [0.15, 0.2) is 18.2 Å². The molecule has 5 nitrogen and oxygen atoms in total. The molecule has 0 saturated heterocycles. The third-order valence-electron chi connectivity index (χ3n) is 6.04. The molecule has 3 N–H and O–H groups in total. The summed E-state index contributed by atoms with van der Waals surface area (Å²) in [7, 11) is 0. The second-order valence-electron chi connectivity index (χ2n) is 8.99.